The van der Waals surface area contributed by atoms with Crippen LogP contribution < -0.4 is 33.1 Å². The quantitative estimate of drug-likeness (QED) is 0.0576. The molecule has 0 spiro atoms. The van der Waals surface area contributed by atoms with Gasteiger partial charge in [-0.1, -0.05) is 78.0 Å². The topological polar surface area (TPSA) is 491 Å². The van der Waals surface area contributed by atoms with Gasteiger partial charge in [0, 0.05) is 45.1 Å². The molecule has 0 radical (unpaired) electrons. The number of benzene rings is 2. The molecular formula is C111H156N6O30S3. The monoisotopic (exact) mass is 2150 g/mol. The molecule has 4 N–H and O–H groups in total. The number of aliphatic hydroxyl groups is 1. The number of amides is 6. The Morgan fingerprint density at radius 3 is 0.947 bits per heavy atom. The van der Waals surface area contributed by atoms with Crippen molar-refractivity contribution in [3.8, 4) is 23.0 Å². The molecule has 6 aliphatic carbocycles. The molecule has 0 aromatic heterocycles. The summed E-state index contributed by atoms with van der Waals surface area (Å²) in [7, 11) is -11.8. The van der Waals surface area contributed by atoms with Gasteiger partial charge < -0.3 is 62.4 Å². The molecule has 21 atom stereocenters. The Bertz CT molecular complexity index is 5720. The molecule has 1 unspecified atom stereocenters. The lowest BCUT2D eigenvalue weighted by molar-refractivity contribution is -0.160. The van der Waals surface area contributed by atoms with E-state index in [-0.39, 0.29) is 166 Å². The number of nitrogens with one attached hydrogen (secondary N) is 3. The molecule has 6 amide bonds. The number of allylic oxidation sites excluding steroid dienone is 6. The number of aliphatic hydroxyl groups excluding tert-OH is 1. The van der Waals surface area contributed by atoms with E-state index in [1.165, 1.54) is 26.8 Å². The van der Waals surface area contributed by atoms with Crippen molar-refractivity contribution in [3.05, 3.63) is 84.0 Å². The number of sulfonamides is 3. The number of ether oxygens (including phenoxy) is 9. The van der Waals surface area contributed by atoms with Gasteiger partial charge >= 0.3 is 29.8 Å². The number of nitrogens with zero attached hydrogens (tertiary/aromatic N) is 3. The van der Waals surface area contributed by atoms with E-state index >= 15 is 0 Å². The van der Waals surface area contributed by atoms with Gasteiger partial charge in [-0.05, 0) is 288 Å². The van der Waals surface area contributed by atoms with E-state index in [0.717, 1.165) is 25.7 Å². The number of rotatable bonds is 19. The van der Waals surface area contributed by atoms with Crippen LogP contribution in [0.4, 0.5) is 0 Å². The lowest BCUT2D eigenvalue weighted by Gasteiger charge is -2.32. The Balaban J connectivity index is 0.000000179. The molecular weight excluding hydrogens is 1990 g/mol. The normalized spacial score (nSPS) is 32.8. The van der Waals surface area contributed by atoms with E-state index in [4.69, 9.17) is 42.6 Å². The summed E-state index contributed by atoms with van der Waals surface area (Å²) in [4.78, 5) is 198. The van der Waals surface area contributed by atoms with Crippen molar-refractivity contribution in [1.82, 2.24) is 28.9 Å². The molecule has 14 aliphatic rings. The Morgan fingerprint density at radius 1 is 0.393 bits per heavy atom. The summed E-state index contributed by atoms with van der Waals surface area (Å²) < 4.78 is 133. The molecule has 16 rings (SSSR count). The van der Waals surface area contributed by atoms with Crippen LogP contribution in [0.15, 0.2) is 72.9 Å². The van der Waals surface area contributed by atoms with E-state index < -0.39 is 202 Å². The predicted octanol–water partition coefficient (Wildman–Crippen LogP) is 13.1. The first-order valence-electron chi connectivity index (χ1n) is 53.7. The molecule has 2 aromatic carbocycles. The molecule has 8 heterocycles. The number of hydrogen-bond acceptors (Lipinski definition) is 30. The Hall–Kier alpha value is -10.2. The van der Waals surface area contributed by atoms with Crippen LogP contribution in [0, 0.1) is 87.3 Å². The summed E-state index contributed by atoms with van der Waals surface area (Å²) in [5.41, 5.74) is -5.69. The fourth-order valence-corrected chi connectivity index (χ4v) is 26.7. The summed E-state index contributed by atoms with van der Waals surface area (Å²) >= 11 is 0. The number of Topliss-reactive ketones (excluding diaryl/α,β-unsaturated/α-hetero) is 3. The SMILES string of the molecule is CC1CC/C=C\[C@@H]2C[C@@]2(C(=O)NS(=O)(=O)C2(C)CC2)CC(=O)[C@@H]2C[C@@H](O)CN2C(=O)[C@@H](CC(=O)OC(C)(C)C)[C@H](C)C1.C[C@@H]1CC/C=C\[C@@H]2C[C@@]2(C(=O)NS(=O)(=O)C2(C)CC2)CC(=O)[C@@H]2C[C@@H](OC(=O)c3ccc4c(c3)OCCO4)CN2C(=O)[C@@H](CC(=O)OC(C)(C)C)[C@H](C)C1.C[C@H]1CC/C=C\[C@@H]2C[C@@]2(C(=O)NS(=O)(=O)C2(C)CC2)CC(=O)[C@@H]2C[C@@H](OC(=O)c3ccc4c(c3)OCCO4)CN2C(=O)[C@@H](CC(=O)OC(C)(C)C)[C@H](C)C1. The molecule has 8 aliphatic heterocycles. The zero-order valence-electron chi connectivity index (χ0n) is 90.2. The maximum absolute atomic E-state index is 14.7. The molecule has 9 fully saturated rings. The minimum Gasteiger partial charge on any atom is -0.486 e. The van der Waals surface area contributed by atoms with Crippen molar-refractivity contribution >= 4 is 113 Å². The average Bonchev–Trinajstić information content (AvgIpc) is 1.57. The Morgan fingerprint density at radius 2 is 0.667 bits per heavy atom. The highest BCUT2D eigenvalue weighted by Crippen LogP contribution is 2.61. The van der Waals surface area contributed by atoms with Crippen LogP contribution in [0.25, 0.3) is 0 Å². The van der Waals surface area contributed by atoms with Gasteiger partial charge in [-0.3, -0.25) is 71.7 Å². The van der Waals surface area contributed by atoms with Gasteiger partial charge in [-0.15, -0.1) is 0 Å². The lowest BCUT2D eigenvalue weighted by Crippen LogP contribution is -2.48. The number of carbonyl (C=O) groups excluding carboxylic acids is 14. The zero-order valence-corrected chi connectivity index (χ0v) is 92.7. The van der Waals surface area contributed by atoms with E-state index in [1.54, 1.807) is 107 Å². The molecule has 3 saturated heterocycles. The largest absolute Gasteiger partial charge is 0.486 e. The highest BCUT2D eigenvalue weighted by Gasteiger charge is 2.67. The van der Waals surface area contributed by atoms with Crippen molar-refractivity contribution in [2.75, 3.05) is 46.1 Å². The number of carbonyl (C=O) groups is 14. The van der Waals surface area contributed by atoms with Gasteiger partial charge in [0.2, 0.25) is 65.5 Å². The minimum absolute atomic E-state index is 0.0284. The number of ketones is 3. The van der Waals surface area contributed by atoms with E-state index in [2.05, 4.69) is 34.9 Å². The van der Waals surface area contributed by atoms with Gasteiger partial charge in [-0.25, -0.2) is 34.8 Å². The highest BCUT2D eigenvalue weighted by molar-refractivity contribution is 7.92. The smallest absolute Gasteiger partial charge is 0.338 e. The highest BCUT2D eigenvalue weighted by atomic mass is 32.2. The van der Waals surface area contributed by atoms with Crippen LogP contribution in [-0.2, 0) is 111 Å². The van der Waals surface area contributed by atoms with Gasteiger partial charge in [0.25, 0.3) is 0 Å². The fraction of sp³-hybridized carbons (Fsp3) is 0.712. The number of hydrogen-bond donors (Lipinski definition) is 4. The van der Waals surface area contributed by atoms with Crippen LogP contribution in [-0.4, -0.2) is 241 Å². The van der Waals surface area contributed by atoms with E-state index in [1.807, 2.05) is 57.2 Å². The van der Waals surface area contributed by atoms with Crippen molar-refractivity contribution in [1.29, 1.82) is 0 Å². The summed E-state index contributed by atoms with van der Waals surface area (Å²) in [6, 6.07) is 6.28. The summed E-state index contributed by atoms with van der Waals surface area (Å²) in [6.45, 7) is 33.9. The molecule has 39 heteroatoms. The van der Waals surface area contributed by atoms with Crippen molar-refractivity contribution in [3.63, 3.8) is 0 Å². The molecule has 150 heavy (non-hydrogen) atoms. The molecule has 36 nitrogen and oxygen atoms in total. The van der Waals surface area contributed by atoms with E-state index in [0.29, 0.717) is 126 Å². The first kappa shape index (κ1) is 115. The Labute approximate surface area is 882 Å². The van der Waals surface area contributed by atoms with Crippen LogP contribution in [0.1, 0.15) is 319 Å². The summed E-state index contributed by atoms with van der Waals surface area (Å²) in [5.74, 6) is -9.22. The third-order valence-corrected chi connectivity index (χ3v) is 39.4. The third-order valence-electron chi connectivity index (χ3n) is 32.9. The van der Waals surface area contributed by atoms with Gasteiger partial charge in [0.05, 0.1) is 116 Å². The van der Waals surface area contributed by atoms with Crippen LogP contribution in [0.3, 0.4) is 0 Å². The van der Waals surface area contributed by atoms with Crippen LogP contribution >= 0.6 is 0 Å². The van der Waals surface area contributed by atoms with Crippen molar-refractivity contribution in [2.45, 2.75) is 365 Å². The average molecular weight is 2150 g/mol. The minimum atomic E-state index is -3.97. The van der Waals surface area contributed by atoms with Crippen LogP contribution in [0.5, 0.6) is 23.0 Å². The summed E-state index contributed by atoms with van der Waals surface area (Å²) in [6.07, 6.45) is 17.7. The maximum atomic E-state index is 14.7. The second kappa shape index (κ2) is 44.7. The first-order chi connectivity index (χ1) is 70.0. The zero-order chi connectivity index (χ0) is 110. The molecule has 2 aromatic rings. The number of fused-ring (bicyclic) bond motifs is 8. The Kier molecular flexibility index (Phi) is 34.4. The van der Waals surface area contributed by atoms with E-state index in [9.17, 15) is 97.5 Å². The fourth-order valence-electron chi connectivity index (χ4n) is 22.7. The second-order valence-corrected chi connectivity index (χ2v) is 55.9. The molecule has 0 bridgehead atoms. The van der Waals surface area contributed by atoms with Crippen molar-refractivity contribution in [2.24, 2.45) is 87.3 Å². The van der Waals surface area contributed by atoms with Gasteiger partial charge in [0.1, 0.15) is 55.4 Å². The molecule has 6 saturated carbocycles. The standard InChI is InChI=1S/2C40H54N2O11S.C31H48N2O8S/c2*1-24-9-7-8-10-27-21-40(27,37(47)41-54(48,49)39(6)13-14-39)22-31(43)30-19-28(52-36(46)26-11-12-32-33(18-26)51-16-15-50-32)23-42(30)35(45)29(25(2)17-24)20-34(44)53-38(3,4)5;1-19-9-7-8-10-21-16-31(21,28(38)32-42(39,40)30(6)11-12-30)17-25(35)24-14-22(34)18-33(24)27(37)23(20(2)13-19)15-26(36)41-29(3,4)5/h2*8,10-12,18,24-25,27-30H,7,9,13-17,19-23H2,1-6H3,(H,41,47);8,10,19-24,34H,7,9,11-18H2,1-6H3,(H,32,38)/b3*10-8-/t24-,25+,27+,28+,29-,30-,40+;24-,25-,27-,28-,29+,30+,40-;19?,20-,21-,22-,23+,24+,31-/m011/s1. The van der Waals surface area contributed by atoms with Gasteiger partial charge in [0.15, 0.2) is 40.3 Å². The van der Waals surface area contributed by atoms with Crippen molar-refractivity contribution < 1.29 is 140 Å². The third kappa shape index (κ3) is 27.4. The maximum Gasteiger partial charge on any atom is 0.338 e. The van der Waals surface area contributed by atoms with Crippen LogP contribution in [0.2, 0.25) is 0 Å². The number of esters is 5. The van der Waals surface area contributed by atoms with Gasteiger partial charge in [-0.2, -0.15) is 0 Å². The lowest BCUT2D eigenvalue weighted by atomic mass is 9.82. The summed E-state index contributed by atoms with van der Waals surface area (Å²) in [5, 5.41) is 10.6. The second-order valence-electron chi connectivity index (χ2n) is 49.3. The predicted molar refractivity (Wildman–Crippen MR) is 550 cm³/mol. The molecule has 828 valence electrons. The first-order valence-corrected chi connectivity index (χ1v) is 58.2.